The maximum absolute atomic E-state index is 12.7. The monoisotopic (exact) mass is 445 g/mol. The Kier molecular flexibility index (Phi) is 12.4. The number of nitrogens with one attached hydrogen (secondary N) is 3. The number of aliphatic hydroxyl groups excluding tert-OH is 1. The first kappa shape index (κ1) is 28.3. The van der Waals surface area contributed by atoms with Crippen LogP contribution in [-0.2, 0) is 24.0 Å². The van der Waals surface area contributed by atoms with Gasteiger partial charge in [-0.1, -0.05) is 27.7 Å². The van der Waals surface area contributed by atoms with Gasteiger partial charge < -0.3 is 37.6 Å². The summed E-state index contributed by atoms with van der Waals surface area (Å²) < 4.78 is 0. The molecule has 0 saturated heterocycles. The van der Waals surface area contributed by atoms with E-state index < -0.39 is 66.8 Å². The van der Waals surface area contributed by atoms with Gasteiger partial charge in [-0.25, -0.2) is 4.79 Å². The van der Waals surface area contributed by atoms with Crippen molar-refractivity contribution in [1.82, 2.24) is 16.0 Å². The van der Waals surface area contributed by atoms with Crippen LogP contribution in [-0.4, -0.2) is 70.6 Å². The smallest absolute Gasteiger partial charge is 0.328 e. The molecule has 31 heavy (non-hydrogen) atoms. The van der Waals surface area contributed by atoms with Gasteiger partial charge in [0.05, 0.1) is 19.1 Å². The Hall–Kier alpha value is -2.73. The van der Waals surface area contributed by atoms with Crippen molar-refractivity contribution in [2.45, 2.75) is 71.1 Å². The summed E-state index contributed by atoms with van der Waals surface area (Å²) in [5, 5.41) is 25.0. The van der Waals surface area contributed by atoms with Crippen molar-refractivity contribution in [1.29, 1.82) is 0 Å². The molecule has 0 aliphatic rings. The molecule has 0 fully saturated rings. The van der Waals surface area contributed by atoms with Crippen molar-refractivity contribution in [3.05, 3.63) is 0 Å². The van der Waals surface area contributed by atoms with Gasteiger partial charge in [-0.3, -0.25) is 19.2 Å². The summed E-state index contributed by atoms with van der Waals surface area (Å²) in [7, 11) is 0. The van der Waals surface area contributed by atoms with Gasteiger partial charge in [-0.15, -0.1) is 0 Å². The molecule has 0 radical (unpaired) electrons. The summed E-state index contributed by atoms with van der Waals surface area (Å²) in [5.74, 6) is -4.57. The molecule has 0 aromatic carbocycles. The van der Waals surface area contributed by atoms with Gasteiger partial charge in [-0.05, 0) is 24.7 Å². The van der Waals surface area contributed by atoms with Crippen molar-refractivity contribution in [2.24, 2.45) is 23.3 Å². The van der Waals surface area contributed by atoms with E-state index in [1.54, 1.807) is 13.8 Å². The zero-order valence-electron chi connectivity index (χ0n) is 18.4. The molecular formula is C19H35N5O7. The second-order valence-corrected chi connectivity index (χ2v) is 8.24. The van der Waals surface area contributed by atoms with Gasteiger partial charge >= 0.3 is 5.97 Å². The molecule has 12 heteroatoms. The minimum atomic E-state index is -1.55. The average molecular weight is 446 g/mol. The van der Waals surface area contributed by atoms with Crippen LogP contribution in [0.3, 0.4) is 0 Å². The molecule has 0 aromatic rings. The SMILES string of the molecule is CC(C)CC(N)C(=O)NC(CC(N)=O)C(=O)NC(CC(C)C)C(=O)NC(CO)C(=O)O. The Labute approximate surface area is 181 Å². The van der Waals surface area contributed by atoms with Crippen LogP contribution in [0.4, 0.5) is 0 Å². The minimum Gasteiger partial charge on any atom is -0.480 e. The summed E-state index contributed by atoms with van der Waals surface area (Å²) in [4.78, 5) is 59.9. The number of carboxylic acids is 1. The van der Waals surface area contributed by atoms with Gasteiger partial charge in [-0.2, -0.15) is 0 Å². The third kappa shape index (κ3) is 11.3. The van der Waals surface area contributed by atoms with Crippen LogP contribution in [0.15, 0.2) is 0 Å². The van der Waals surface area contributed by atoms with Crippen LogP contribution < -0.4 is 27.4 Å². The van der Waals surface area contributed by atoms with Crippen LogP contribution in [0, 0.1) is 11.8 Å². The first-order valence-corrected chi connectivity index (χ1v) is 10.1. The molecule has 9 N–H and O–H groups in total. The Morgan fingerprint density at radius 3 is 1.65 bits per heavy atom. The summed E-state index contributed by atoms with van der Waals surface area (Å²) >= 11 is 0. The van der Waals surface area contributed by atoms with E-state index in [9.17, 15) is 24.0 Å². The minimum absolute atomic E-state index is 0.0721. The largest absolute Gasteiger partial charge is 0.480 e. The number of carbonyl (C=O) groups is 5. The molecule has 178 valence electrons. The number of carbonyl (C=O) groups excluding carboxylic acids is 4. The molecule has 12 nitrogen and oxygen atoms in total. The third-order valence-corrected chi connectivity index (χ3v) is 4.24. The van der Waals surface area contributed by atoms with E-state index in [1.807, 2.05) is 13.8 Å². The zero-order chi connectivity index (χ0) is 24.3. The molecule has 0 rings (SSSR count). The van der Waals surface area contributed by atoms with E-state index in [1.165, 1.54) is 0 Å². The van der Waals surface area contributed by atoms with Crippen molar-refractivity contribution < 1.29 is 34.2 Å². The molecule has 0 aromatic heterocycles. The van der Waals surface area contributed by atoms with Crippen molar-refractivity contribution in [2.75, 3.05) is 6.61 Å². The second-order valence-electron chi connectivity index (χ2n) is 8.24. The number of primary amides is 1. The first-order chi connectivity index (χ1) is 14.3. The number of nitrogens with two attached hydrogens (primary N) is 2. The number of aliphatic carboxylic acids is 1. The summed E-state index contributed by atoms with van der Waals surface area (Å²) in [6, 6.07) is -4.98. The average Bonchev–Trinajstić information content (AvgIpc) is 2.62. The quantitative estimate of drug-likeness (QED) is 0.155. The summed E-state index contributed by atoms with van der Waals surface area (Å²) in [5.41, 5.74) is 11.0. The third-order valence-electron chi connectivity index (χ3n) is 4.24. The zero-order valence-corrected chi connectivity index (χ0v) is 18.4. The lowest BCUT2D eigenvalue weighted by atomic mass is 10.0. The summed E-state index contributed by atoms with van der Waals surface area (Å²) in [6.07, 6.45) is -0.0251. The predicted molar refractivity (Wildman–Crippen MR) is 111 cm³/mol. The Bertz CT molecular complexity index is 654. The van der Waals surface area contributed by atoms with Gasteiger partial charge in [0.15, 0.2) is 0 Å². The molecule has 0 bridgehead atoms. The normalized spacial score (nSPS) is 15.0. The maximum Gasteiger partial charge on any atom is 0.328 e. The fourth-order valence-electron chi connectivity index (χ4n) is 2.74. The van der Waals surface area contributed by atoms with Crippen molar-refractivity contribution >= 4 is 29.6 Å². The van der Waals surface area contributed by atoms with Crippen molar-refractivity contribution in [3.63, 3.8) is 0 Å². The van der Waals surface area contributed by atoms with E-state index >= 15 is 0 Å². The van der Waals surface area contributed by atoms with Crippen LogP contribution in [0.5, 0.6) is 0 Å². The van der Waals surface area contributed by atoms with Crippen LogP contribution >= 0.6 is 0 Å². The molecule has 0 aliphatic heterocycles. The lowest BCUT2D eigenvalue weighted by Gasteiger charge is -2.25. The number of hydrogen-bond donors (Lipinski definition) is 7. The Morgan fingerprint density at radius 2 is 1.23 bits per heavy atom. The van der Waals surface area contributed by atoms with Crippen molar-refractivity contribution in [3.8, 4) is 0 Å². The molecule has 4 unspecified atom stereocenters. The van der Waals surface area contributed by atoms with Crippen LogP contribution in [0.2, 0.25) is 0 Å². The molecular weight excluding hydrogens is 410 g/mol. The lowest BCUT2D eigenvalue weighted by Crippen LogP contribution is -2.58. The van der Waals surface area contributed by atoms with Gasteiger partial charge in [0.2, 0.25) is 23.6 Å². The number of rotatable bonds is 14. The molecule has 0 aliphatic carbocycles. The lowest BCUT2D eigenvalue weighted by molar-refractivity contribution is -0.143. The first-order valence-electron chi connectivity index (χ1n) is 10.1. The highest BCUT2D eigenvalue weighted by molar-refractivity contribution is 5.96. The van der Waals surface area contributed by atoms with E-state index in [0.717, 1.165) is 0 Å². The molecule has 0 heterocycles. The highest BCUT2D eigenvalue weighted by atomic mass is 16.4. The van der Waals surface area contributed by atoms with Crippen LogP contribution in [0.25, 0.3) is 0 Å². The molecule has 0 saturated carbocycles. The number of hydrogen-bond acceptors (Lipinski definition) is 7. The van der Waals surface area contributed by atoms with E-state index in [0.29, 0.717) is 6.42 Å². The molecule has 4 atom stereocenters. The van der Waals surface area contributed by atoms with Gasteiger partial charge in [0.1, 0.15) is 18.1 Å². The highest BCUT2D eigenvalue weighted by Crippen LogP contribution is 2.08. The number of carboxylic acid groups (broad SMARTS) is 1. The van der Waals surface area contributed by atoms with E-state index in [-0.39, 0.29) is 18.3 Å². The molecule has 4 amide bonds. The molecule has 0 spiro atoms. The number of aliphatic hydroxyl groups is 1. The number of amides is 4. The fraction of sp³-hybridized carbons (Fsp3) is 0.737. The van der Waals surface area contributed by atoms with Crippen LogP contribution in [0.1, 0.15) is 47.0 Å². The highest BCUT2D eigenvalue weighted by Gasteiger charge is 2.31. The Balaban J connectivity index is 5.43. The maximum atomic E-state index is 12.7. The second kappa shape index (κ2) is 13.5. The fourth-order valence-corrected chi connectivity index (χ4v) is 2.74. The van der Waals surface area contributed by atoms with E-state index in [2.05, 4.69) is 16.0 Å². The van der Waals surface area contributed by atoms with Gasteiger partial charge in [0.25, 0.3) is 0 Å². The van der Waals surface area contributed by atoms with E-state index in [4.69, 9.17) is 21.7 Å². The topological polar surface area (TPSA) is 214 Å². The Morgan fingerprint density at radius 1 is 0.774 bits per heavy atom. The predicted octanol–water partition coefficient (Wildman–Crippen LogP) is -2.19. The van der Waals surface area contributed by atoms with Gasteiger partial charge in [0, 0.05) is 0 Å². The standard InChI is InChI=1S/C19H35N5O7/c1-9(2)5-11(20)16(27)22-13(7-15(21)26)18(29)23-12(6-10(3)4)17(28)24-14(8-25)19(30)31/h9-14,25H,5-8,20H2,1-4H3,(H2,21,26)(H,22,27)(H,23,29)(H,24,28)(H,30,31). The summed E-state index contributed by atoms with van der Waals surface area (Å²) in [6.45, 7) is 6.46.